The summed E-state index contributed by atoms with van der Waals surface area (Å²) in [6.07, 6.45) is 1.22. The van der Waals surface area contributed by atoms with Gasteiger partial charge in [0.1, 0.15) is 0 Å². The highest BCUT2D eigenvalue weighted by atomic mass is 79.9. The van der Waals surface area contributed by atoms with Gasteiger partial charge in [0.05, 0.1) is 6.57 Å². The third-order valence-corrected chi connectivity index (χ3v) is 3.40. The molecule has 19 heavy (non-hydrogen) atoms. The molecule has 0 saturated heterocycles. The first kappa shape index (κ1) is 13.5. The summed E-state index contributed by atoms with van der Waals surface area (Å²) in [5, 5.41) is 0. The van der Waals surface area contributed by atoms with Crippen molar-refractivity contribution in [3.63, 3.8) is 0 Å². The fourth-order valence-electron chi connectivity index (χ4n) is 1.78. The highest BCUT2D eigenvalue weighted by molar-refractivity contribution is 9.10. The Hall–Kier alpha value is -1.92. The van der Waals surface area contributed by atoms with Crippen LogP contribution in [-0.2, 0) is 6.42 Å². The third kappa shape index (κ3) is 3.77. The van der Waals surface area contributed by atoms with Crippen LogP contribution in [0.2, 0.25) is 0 Å². The van der Waals surface area contributed by atoms with Crippen molar-refractivity contribution < 1.29 is 4.79 Å². The Morgan fingerprint density at radius 3 is 2.26 bits per heavy atom. The van der Waals surface area contributed by atoms with Crippen molar-refractivity contribution in [2.75, 3.05) is 0 Å². The van der Waals surface area contributed by atoms with Crippen molar-refractivity contribution in [3.8, 4) is 0 Å². The number of halogens is 1. The molecule has 0 aliphatic carbocycles. The van der Waals surface area contributed by atoms with Crippen molar-refractivity contribution >= 4 is 27.4 Å². The second-order valence-electron chi connectivity index (χ2n) is 4.21. The number of benzene rings is 2. The van der Waals surface area contributed by atoms with Gasteiger partial charge in [-0.3, -0.25) is 4.79 Å². The van der Waals surface area contributed by atoms with Gasteiger partial charge in [0.25, 0.3) is 0 Å². The highest BCUT2D eigenvalue weighted by Gasteiger charge is 2.06. The molecule has 0 bridgehead atoms. The van der Waals surface area contributed by atoms with E-state index in [4.69, 9.17) is 6.57 Å². The van der Waals surface area contributed by atoms with E-state index in [2.05, 4.69) is 20.8 Å². The van der Waals surface area contributed by atoms with Gasteiger partial charge in [-0.1, -0.05) is 52.3 Å². The van der Waals surface area contributed by atoms with E-state index in [1.807, 2.05) is 24.3 Å². The molecule has 0 unspecified atom stereocenters. The molecule has 0 spiro atoms. The molecule has 0 N–H and O–H groups in total. The number of rotatable bonds is 4. The van der Waals surface area contributed by atoms with Crippen molar-refractivity contribution in [1.29, 1.82) is 0 Å². The van der Waals surface area contributed by atoms with Crippen molar-refractivity contribution in [2.24, 2.45) is 0 Å². The van der Waals surface area contributed by atoms with Crippen LogP contribution in [0.15, 0.2) is 53.0 Å². The van der Waals surface area contributed by atoms with Crippen molar-refractivity contribution in [3.05, 3.63) is 75.5 Å². The summed E-state index contributed by atoms with van der Waals surface area (Å²) in [6.45, 7) is 6.87. The number of aryl methyl sites for hydroxylation is 1. The first-order valence-electron chi connectivity index (χ1n) is 5.94. The maximum absolute atomic E-state index is 12.0. The van der Waals surface area contributed by atoms with Crippen LogP contribution in [0.25, 0.3) is 4.85 Å². The van der Waals surface area contributed by atoms with Crippen LogP contribution in [-0.4, -0.2) is 5.78 Å². The highest BCUT2D eigenvalue weighted by Crippen LogP contribution is 2.16. The summed E-state index contributed by atoms with van der Waals surface area (Å²) in [4.78, 5) is 15.3. The molecular weight excluding hydrogens is 302 g/mol. The first-order chi connectivity index (χ1) is 9.19. The molecule has 0 amide bonds. The summed E-state index contributed by atoms with van der Waals surface area (Å²) in [5.74, 6) is 0.111. The second kappa shape index (κ2) is 6.31. The van der Waals surface area contributed by atoms with Crippen LogP contribution >= 0.6 is 15.9 Å². The van der Waals surface area contributed by atoms with Crippen LogP contribution in [0, 0.1) is 6.57 Å². The Labute approximate surface area is 121 Å². The monoisotopic (exact) mass is 313 g/mol. The van der Waals surface area contributed by atoms with Gasteiger partial charge in [-0.25, -0.2) is 4.85 Å². The number of carbonyl (C=O) groups excluding carboxylic acids is 1. The predicted molar refractivity (Wildman–Crippen MR) is 79.5 cm³/mol. The molecular formula is C16H12BrNO. The van der Waals surface area contributed by atoms with E-state index in [-0.39, 0.29) is 5.78 Å². The standard InChI is InChI=1S/C16H12BrNO/c1-18-15-9-5-13(6-10-15)16(19)11-4-12-2-7-14(17)8-3-12/h2-3,5-10H,4,11H2. The first-order valence-corrected chi connectivity index (χ1v) is 6.73. The van der Waals surface area contributed by atoms with E-state index in [1.165, 1.54) is 0 Å². The van der Waals surface area contributed by atoms with Gasteiger partial charge >= 0.3 is 0 Å². The smallest absolute Gasteiger partial charge is 0.187 e. The Kier molecular flexibility index (Phi) is 4.48. The zero-order valence-electron chi connectivity index (χ0n) is 10.3. The molecule has 3 heteroatoms. The molecule has 2 aromatic carbocycles. The molecule has 0 atom stereocenters. The number of ketones is 1. The van der Waals surface area contributed by atoms with E-state index < -0.39 is 0 Å². The molecule has 0 radical (unpaired) electrons. The van der Waals surface area contributed by atoms with Gasteiger partial charge in [-0.05, 0) is 24.1 Å². The molecule has 2 aromatic rings. The van der Waals surface area contributed by atoms with E-state index in [0.29, 0.717) is 17.7 Å². The van der Waals surface area contributed by atoms with Crippen LogP contribution in [0.4, 0.5) is 5.69 Å². The normalized spacial score (nSPS) is 9.89. The average molecular weight is 314 g/mol. The molecule has 2 nitrogen and oxygen atoms in total. The van der Waals surface area contributed by atoms with E-state index >= 15 is 0 Å². The molecule has 2 rings (SSSR count). The third-order valence-electron chi connectivity index (χ3n) is 2.87. The van der Waals surface area contributed by atoms with Gasteiger partial charge in [0, 0.05) is 16.5 Å². The van der Waals surface area contributed by atoms with Crippen LogP contribution in [0.5, 0.6) is 0 Å². The molecule has 0 aliphatic rings. The summed E-state index contributed by atoms with van der Waals surface area (Å²) in [5.41, 5.74) is 2.38. The number of nitrogens with zero attached hydrogens (tertiary/aromatic N) is 1. The van der Waals surface area contributed by atoms with Gasteiger partial charge in [0.15, 0.2) is 11.5 Å². The predicted octanol–water partition coefficient (Wildman–Crippen LogP) is 4.82. The summed E-state index contributed by atoms with van der Waals surface area (Å²) in [7, 11) is 0. The van der Waals surface area contributed by atoms with Crippen LogP contribution < -0.4 is 0 Å². The topological polar surface area (TPSA) is 21.4 Å². The van der Waals surface area contributed by atoms with E-state index in [0.717, 1.165) is 16.5 Å². The quantitative estimate of drug-likeness (QED) is 0.586. The van der Waals surface area contributed by atoms with Crippen LogP contribution in [0.1, 0.15) is 22.3 Å². The Morgan fingerprint density at radius 2 is 1.68 bits per heavy atom. The lowest BCUT2D eigenvalue weighted by atomic mass is 10.0. The number of hydrogen-bond donors (Lipinski definition) is 0. The van der Waals surface area contributed by atoms with E-state index in [1.54, 1.807) is 24.3 Å². The minimum absolute atomic E-state index is 0.111. The van der Waals surface area contributed by atoms with Crippen molar-refractivity contribution in [1.82, 2.24) is 0 Å². The molecule has 0 heterocycles. The maximum atomic E-state index is 12.0. The Balaban J connectivity index is 1.97. The van der Waals surface area contributed by atoms with Gasteiger partial charge in [0.2, 0.25) is 0 Å². The van der Waals surface area contributed by atoms with Gasteiger partial charge < -0.3 is 0 Å². The molecule has 0 aliphatic heterocycles. The lowest BCUT2D eigenvalue weighted by molar-refractivity contribution is 0.0983. The second-order valence-corrected chi connectivity index (χ2v) is 5.12. The maximum Gasteiger partial charge on any atom is 0.187 e. The Bertz CT molecular complexity index is 609. The molecule has 0 saturated carbocycles. The number of Topliss-reactive ketones (excluding diaryl/α,β-unsaturated/α-hetero) is 1. The van der Waals surface area contributed by atoms with Crippen molar-refractivity contribution in [2.45, 2.75) is 12.8 Å². The zero-order chi connectivity index (χ0) is 13.7. The lowest BCUT2D eigenvalue weighted by Crippen LogP contribution is -2.00. The molecule has 0 aromatic heterocycles. The van der Waals surface area contributed by atoms with E-state index in [9.17, 15) is 4.79 Å². The number of hydrogen-bond acceptors (Lipinski definition) is 1. The van der Waals surface area contributed by atoms with Gasteiger partial charge in [-0.2, -0.15) is 0 Å². The molecule has 94 valence electrons. The number of carbonyl (C=O) groups is 1. The average Bonchev–Trinajstić information content (AvgIpc) is 2.46. The largest absolute Gasteiger partial charge is 0.294 e. The summed E-state index contributed by atoms with van der Waals surface area (Å²) >= 11 is 3.38. The fraction of sp³-hybridized carbons (Fsp3) is 0.125. The zero-order valence-corrected chi connectivity index (χ0v) is 11.9. The summed E-state index contributed by atoms with van der Waals surface area (Å²) in [6, 6.07) is 14.8. The van der Waals surface area contributed by atoms with Crippen LogP contribution in [0.3, 0.4) is 0 Å². The fourth-order valence-corrected chi connectivity index (χ4v) is 2.04. The molecule has 0 fully saturated rings. The minimum Gasteiger partial charge on any atom is -0.294 e. The Morgan fingerprint density at radius 1 is 1.05 bits per heavy atom. The SMILES string of the molecule is [C-]#[N+]c1ccc(C(=O)CCc2ccc(Br)cc2)cc1. The summed E-state index contributed by atoms with van der Waals surface area (Å²) < 4.78 is 1.04. The minimum atomic E-state index is 0.111. The van der Waals surface area contributed by atoms with Gasteiger partial charge in [-0.15, -0.1) is 0 Å². The lowest BCUT2D eigenvalue weighted by Gasteiger charge is -2.02.